The van der Waals surface area contributed by atoms with Crippen molar-refractivity contribution in [2.75, 3.05) is 6.61 Å². The molecule has 0 fully saturated rings. The van der Waals surface area contributed by atoms with Gasteiger partial charge in [0.1, 0.15) is 5.82 Å². The number of benzene rings is 1. The number of aliphatic hydroxyl groups is 1. The van der Waals surface area contributed by atoms with E-state index in [-0.39, 0.29) is 19.4 Å². The molecule has 0 aromatic heterocycles. The molecule has 0 radical (unpaired) electrons. The Hall–Kier alpha value is -0.850. The van der Waals surface area contributed by atoms with E-state index in [1.54, 1.807) is 0 Å². The summed E-state index contributed by atoms with van der Waals surface area (Å²) in [6, 6.07) is 0.397. The Morgan fingerprint density at radius 3 is 2.44 bits per heavy atom. The van der Waals surface area contributed by atoms with Crippen LogP contribution >= 0.6 is 11.6 Å². The monoisotopic (exact) mass is 285 g/mol. The lowest BCUT2D eigenvalue weighted by molar-refractivity contribution is -0.138. The Labute approximate surface area is 106 Å². The van der Waals surface area contributed by atoms with E-state index in [9.17, 15) is 17.6 Å². The Bertz CT molecular complexity index is 422. The number of rotatable bonds is 4. The van der Waals surface area contributed by atoms with E-state index in [2.05, 4.69) is 0 Å². The van der Waals surface area contributed by atoms with Crippen molar-refractivity contribution in [3.63, 3.8) is 0 Å². The molecule has 18 heavy (non-hydrogen) atoms. The summed E-state index contributed by atoms with van der Waals surface area (Å²) in [5, 5.41) is 8.21. The van der Waals surface area contributed by atoms with Crippen molar-refractivity contribution in [1.29, 1.82) is 0 Å². The summed E-state index contributed by atoms with van der Waals surface area (Å²) in [4.78, 5) is 0. The minimum atomic E-state index is -4.70. The largest absolute Gasteiger partial charge is 0.416 e. The molecule has 0 bridgehead atoms. The third kappa shape index (κ3) is 3.34. The van der Waals surface area contributed by atoms with Gasteiger partial charge in [0, 0.05) is 18.2 Å². The zero-order chi connectivity index (χ0) is 13.9. The lowest BCUT2D eigenvalue weighted by Gasteiger charge is -2.19. The van der Waals surface area contributed by atoms with Gasteiger partial charge in [-0.1, -0.05) is 11.6 Å². The second-order valence-corrected chi connectivity index (χ2v) is 4.20. The van der Waals surface area contributed by atoms with E-state index < -0.39 is 34.2 Å². The van der Waals surface area contributed by atoms with Crippen LogP contribution in [0.4, 0.5) is 17.6 Å². The van der Waals surface area contributed by atoms with Crippen molar-refractivity contribution >= 4 is 11.6 Å². The van der Waals surface area contributed by atoms with Crippen LogP contribution in [0, 0.1) is 5.82 Å². The van der Waals surface area contributed by atoms with Crippen molar-refractivity contribution in [3.8, 4) is 0 Å². The molecule has 0 unspecified atom stereocenters. The number of hydrogen-bond acceptors (Lipinski definition) is 2. The molecule has 102 valence electrons. The highest BCUT2D eigenvalue weighted by molar-refractivity contribution is 6.30. The number of alkyl halides is 3. The summed E-state index contributed by atoms with van der Waals surface area (Å²) in [6.07, 6.45) is -4.47. The Balaban J connectivity index is 3.25. The molecule has 0 saturated heterocycles. The lowest BCUT2D eigenvalue weighted by Crippen LogP contribution is -2.20. The van der Waals surface area contributed by atoms with Gasteiger partial charge in [-0.2, -0.15) is 13.2 Å². The zero-order valence-electron chi connectivity index (χ0n) is 9.27. The topological polar surface area (TPSA) is 46.2 Å². The van der Waals surface area contributed by atoms with Crippen LogP contribution < -0.4 is 5.73 Å². The summed E-state index contributed by atoms with van der Waals surface area (Å²) in [5.41, 5.74) is 3.76. The molecule has 7 heteroatoms. The highest BCUT2D eigenvalue weighted by Gasteiger charge is 2.36. The highest BCUT2D eigenvalue weighted by Crippen LogP contribution is 2.38. The van der Waals surface area contributed by atoms with Crippen LogP contribution in [0.1, 0.15) is 30.0 Å². The molecule has 0 heterocycles. The Morgan fingerprint density at radius 1 is 1.33 bits per heavy atom. The van der Waals surface area contributed by atoms with Crippen LogP contribution in [-0.4, -0.2) is 11.7 Å². The first-order valence-electron chi connectivity index (χ1n) is 5.20. The SMILES string of the molecule is N[C@H](CCCO)c1c(C(F)(F)F)ccc(Cl)c1F. The molecule has 0 saturated carbocycles. The van der Waals surface area contributed by atoms with E-state index in [0.717, 1.165) is 6.07 Å². The summed E-state index contributed by atoms with van der Waals surface area (Å²) in [7, 11) is 0. The van der Waals surface area contributed by atoms with Gasteiger partial charge in [0.05, 0.1) is 10.6 Å². The predicted molar refractivity (Wildman–Crippen MR) is 59.7 cm³/mol. The number of aliphatic hydroxyl groups excluding tert-OH is 1. The van der Waals surface area contributed by atoms with Crippen LogP contribution in [-0.2, 0) is 6.18 Å². The fraction of sp³-hybridized carbons (Fsp3) is 0.455. The summed E-state index contributed by atoms with van der Waals surface area (Å²) in [6.45, 7) is -0.225. The van der Waals surface area contributed by atoms with Gasteiger partial charge >= 0.3 is 6.18 Å². The Kier molecular flexibility index (Phi) is 4.95. The standard InChI is InChI=1S/C11H12ClF4NO/c12-7-4-3-6(11(14,15)16)9(10(7)13)8(17)2-1-5-18/h3-4,8,18H,1-2,5,17H2/t8-/m1/s1. The molecule has 2 nitrogen and oxygen atoms in total. The smallest absolute Gasteiger partial charge is 0.396 e. The van der Waals surface area contributed by atoms with Gasteiger partial charge in [-0.3, -0.25) is 0 Å². The maximum absolute atomic E-state index is 13.7. The van der Waals surface area contributed by atoms with E-state index in [4.69, 9.17) is 22.4 Å². The van der Waals surface area contributed by atoms with Crippen LogP contribution in [0.5, 0.6) is 0 Å². The van der Waals surface area contributed by atoms with Gasteiger partial charge in [-0.15, -0.1) is 0 Å². The third-order valence-corrected chi connectivity index (χ3v) is 2.77. The lowest BCUT2D eigenvalue weighted by atomic mass is 9.96. The van der Waals surface area contributed by atoms with Crippen molar-refractivity contribution in [2.45, 2.75) is 25.1 Å². The maximum Gasteiger partial charge on any atom is 0.416 e. The first-order chi connectivity index (χ1) is 8.29. The van der Waals surface area contributed by atoms with Gasteiger partial charge in [-0.25, -0.2) is 4.39 Å². The van der Waals surface area contributed by atoms with E-state index in [1.165, 1.54) is 0 Å². The summed E-state index contributed by atoms with van der Waals surface area (Å²) < 4.78 is 51.9. The van der Waals surface area contributed by atoms with Crippen molar-refractivity contribution < 1.29 is 22.7 Å². The van der Waals surface area contributed by atoms with Crippen molar-refractivity contribution in [2.24, 2.45) is 5.73 Å². The van der Waals surface area contributed by atoms with Crippen LogP contribution in [0.2, 0.25) is 5.02 Å². The molecule has 0 amide bonds. The number of hydrogen-bond donors (Lipinski definition) is 2. The van der Waals surface area contributed by atoms with Gasteiger partial charge in [-0.05, 0) is 25.0 Å². The van der Waals surface area contributed by atoms with E-state index in [1.807, 2.05) is 0 Å². The first-order valence-corrected chi connectivity index (χ1v) is 5.58. The molecule has 1 rings (SSSR count). The molecule has 1 aromatic carbocycles. The van der Waals surface area contributed by atoms with Gasteiger partial charge in [0.25, 0.3) is 0 Å². The second kappa shape index (κ2) is 5.86. The van der Waals surface area contributed by atoms with Crippen molar-refractivity contribution in [3.05, 3.63) is 34.1 Å². The number of halogens is 5. The van der Waals surface area contributed by atoms with Crippen LogP contribution in [0.3, 0.4) is 0 Å². The average molecular weight is 286 g/mol. The molecule has 0 aliphatic heterocycles. The minimum Gasteiger partial charge on any atom is -0.396 e. The highest BCUT2D eigenvalue weighted by atomic mass is 35.5. The molecule has 1 aromatic rings. The molecule has 1 atom stereocenters. The van der Waals surface area contributed by atoms with Crippen LogP contribution in [0.25, 0.3) is 0 Å². The molecule has 0 aliphatic rings. The first kappa shape index (κ1) is 15.2. The van der Waals surface area contributed by atoms with E-state index >= 15 is 0 Å². The van der Waals surface area contributed by atoms with Crippen molar-refractivity contribution in [1.82, 2.24) is 0 Å². The van der Waals surface area contributed by atoms with Crippen LogP contribution in [0.15, 0.2) is 12.1 Å². The molecule has 0 aliphatic carbocycles. The molecular formula is C11H12ClF4NO. The fourth-order valence-corrected chi connectivity index (χ4v) is 1.80. The second-order valence-electron chi connectivity index (χ2n) is 3.79. The zero-order valence-corrected chi connectivity index (χ0v) is 10.0. The fourth-order valence-electron chi connectivity index (χ4n) is 1.63. The molecular weight excluding hydrogens is 274 g/mol. The maximum atomic E-state index is 13.7. The quantitative estimate of drug-likeness (QED) is 0.834. The summed E-state index contributed by atoms with van der Waals surface area (Å²) >= 11 is 5.47. The third-order valence-electron chi connectivity index (χ3n) is 2.48. The van der Waals surface area contributed by atoms with Gasteiger partial charge in [0.15, 0.2) is 0 Å². The normalized spacial score (nSPS) is 13.7. The predicted octanol–water partition coefficient (Wildman–Crippen LogP) is 3.27. The van der Waals surface area contributed by atoms with Gasteiger partial charge < -0.3 is 10.8 Å². The van der Waals surface area contributed by atoms with Gasteiger partial charge in [0.2, 0.25) is 0 Å². The molecule has 0 spiro atoms. The molecule has 3 N–H and O–H groups in total. The minimum absolute atomic E-state index is 0.0385. The Morgan fingerprint density at radius 2 is 1.94 bits per heavy atom. The summed E-state index contributed by atoms with van der Waals surface area (Å²) in [5.74, 6) is -1.16. The average Bonchev–Trinajstić information content (AvgIpc) is 2.27. The number of nitrogens with two attached hydrogens (primary N) is 1. The van der Waals surface area contributed by atoms with E-state index in [0.29, 0.717) is 6.07 Å².